The number of carbonyl (C=O) groups is 1. The molecule has 0 radical (unpaired) electrons. The van der Waals surface area contributed by atoms with Crippen LogP contribution in [-0.2, 0) is 16.8 Å². The monoisotopic (exact) mass is 466 g/mol. The van der Waals surface area contributed by atoms with Crippen LogP contribution in [0.3, 0.4) is 0 Å². The molecule has 1 saturated heterocycles. The fraction of sp³-hybridized carbons (Fsp3) is 0.423. The zero-order chi connectivity index (χ0) is 23.6. The van der Waals surface area contributed by atoms with Gasteiger partial charge in [0.25, 0.3) is 0 Å². The van der Waals surface area contributed by atoms with Crippen LogP contribution < -0.4 is 5.32 Å². The third-order valence-electron chi connectivity index (χ3n) is 6.32. The zero-order valence-electron chi connectivity index (χ0n) is 19.7. The van der Waals surface area contributed by atoms with Gasteiger partial charge < -0.3 is 9.84 Å². The maximum atomic E-state index is 12.7. The van der Waals surface area contributed by atoms with Crippen LogP contribution in [-0.4, -0.2) is 34.0 Å². The van der Waals surface area contributed by atoms with Gasteiger partial charge in [0.2, 0.25) is 17.6 Å². The molecule has 1 amide bonds. The predicted molar refractivity (Wildman–Crippen MR) is 131 cm³/mol. The zero-order valence-corrected chi connectivity index (χ0v) is 20.4. The van der Waals surface area contributed by atoms with Crippen molar-refractivity contribution in [2.24, 2.45) is 5.92 Å². The molecule has 1 aliphatic rings. The average molecular weight is 467 g/mol. The Bertz CT molecular complexity index is 1110. The number of hydrogen-bond acceptors (Lipinski definition) is 5. The van der Waals surface area contributed by atoms with Crippen molar-refractivity contribution in [3.05, 3.63) is 64.5 Å². The number of anilines is 1. The Kier molecular flexibility index (Phi) is 6.86. The second-order valence-electron chi connectivity index (χ2n) is 9.79. The summed E-state index contributed by atoms with van der Waals surface area (Å²) in [6, 6.07) is 13.9. The fourth-order valence-electron chi connectivity index (χ4n) is 4.08. The van der Waals surface area contributed by atoms with Gasteiger partial charge in [0.1, 0.15) is 0 Å². The van der Waals surface area contributed by atoms with Crippen molar-refractivity contribution >= 4 is 23.2 Å². The van der Waals surface area contributed by atoms with Gasteiger partial charge in [0, 0.05) is 22.2 Å². The highest BCUT2D eigenvalue weighted by atomic mass is 35.5. The molecular formula is C26H31ClN4O2. The Balaban J connectivity index is 1.30. The van der Waals surface area contributed by atoms with Crippen LogP contribution in [0.2, 0.25) is 5.02 Å². The number of rotatable bonds is 5. The second-order valence-corrected chi connectivity index (χ2v) is 10.2. The summed E-state index contributed by atoms with van der Waals surface area (Å²) in [4.78, 5) is 19.6. The Morgan fingerprint density at radius 1 is 1.15 bits per heavy atom. The Labute approximate surface area is 200 Å². The van der Waals surface area contributed by atoms with E-state index in [1.165, 1.54) is 5.56 Å². The van der Waals surface area contributed by atoms with Crippen molar-refractivity contribution in [2.45, 2.75) is 52.5 Å². The summed E-state index contributed by atoms with van der Waals surface area (Å²) < 4.78 is 5.50. The molecule has 2 aromatic carbocycles. The molecule has 1 aromatic heterocycles. The highest BCUT2D eigenvalue weighted by Gasteiger charge is 2.26. The van der Waals surface area contributed by atoms with Crippen molar-refractivity contribution in [1.82, 2.24) is 15.0 Å². The molecule has 2 heterocycles. The summed E-state index contributed by atoms with van der Waals surface area (Å²) in [7, 11) is 0. The molecular weight excluding hydrogens is 436 g/mol. The number of benzene rings is 2. The summed E-state index contributed by atoms with van der Waals surface area (Å²) in [5.74, 6) is 1.25. The van der Waals surface area contributed by atoms with Crippen LogP contribution >= 0.6 is 11.6 Å². The highest BCUT2D eigenvalue weighted by molar-refractivity contribution is 6.31. The van der Waals surface area contributed by atoms with E-state index in [-0.39, 0.29) is 17.2 Å². The molecule has 0 atom stereocenters. The largest absolute Gasteiger partial charge is 0.338 e. The highest BCUT2D eigenvalue weighted by Crippen LogP contribution is 2.27. The topological polar surface area (TPSA) is 71.3 Å². The molecule has 0 aliphatic carbocycles. The number of nitrogens with zero attached hydrogens (tertiary/aromatic N) is 3. The van der Waals surface area contributed by atoms with Crippen LogP contribution in [0.15, 0.2) is 47.0 Å². The molecule has 1 N–H and O–H groups in total. The Hall–Kier alpha value is -2.70. The van der Waals surface area contributed by atoms with Gasteiger partial charge in [-0.1, -0.05) is 67.9 Å². The Morgan fingerprint density at radius 3 is 2.52 bits per heavy atom. The standard InChI is InChI=1S/C26H31ClN4O2/c1-17-21(27)6-5-7-22(17)28-25(32)19-12-14-31(15-13-19)16-23-29-24(30-33-23)18-8-10-20(11-9-18)26(2,3)4/h5-11,19H,12-16H2,1-4H3,(H,28,32). The lowest BCUT2D eigenvalue weighted by Gasteiger charge is -2.30. The molecule has 33 heavy (non-hydrogen) atoms. The van der Waals surface area contributed by atoms with Crippen molar-refractivity contribution in [1.29, 1.82) is 0 Å². The maximum absolute atomic E-state index is 12.7. The molecule has 0 spiro atoms. The third kappa shape index (κ3) is 5.63. The van der Waals surface area contributed by atoms with Gasteiger partial charge >= 0.3 is 0 Å². The first kappa shape index (κ1) is 23.5. The number of piperidine rings is 1. The molecule has 0 unspecified atom stereocenters. The van der Waals surface area contributed by atoms with Gasteiger partial charge in [-0.25, -0.2) is 0 Å². The maximum Gasteiger partial charge on any atom is 0.241 e. The number of aromatic nitrogens is 2. The number of hydrogen-bond donors (Lipinski definition) is 1. The molecule has 0 bridgehead atoms. The van der Waals surface area contributed by atoms with Crippen LogP contribution in [0.25, 0.3) is 11.4 Å². The van der Waals surface area contributed by atoms with E-state index in [0.29, 0.717) is 23.3 Å². The van der Waals surface area contributed by atoms with Gasteiger partial charge in [-0.15, -0.1) is 0 Å². The van der Waals surface area contributed by atoms with Gasteiger partial charge in [-0.2, -0.15) is 4.98 Å². The molecule has 6 nitrogen and oxygen atoms in total. The molecule has 1 fully saturated rings. The number of nitrogens with one attached hydrogen (secondary N) is 1. The van der Waals surface area contributed by atoms with E-state index >= 15 is 0 Å². The Morgan fingerprint density at radius 2 is 1.85 bits per heavy atom. The fourth-order valence-corrected chi connectivity index (χ4v) is 4.25. The minimum atomic E-state index is -0.0146. The summed E-state index contributed by atoms with van der Waals surface area (Å²) in [6.07, 6.45) is 1.58. The lowest BCUT2D eigenvalue weighted by atomic mass is 9.87. The van der Waals surface area contributed by atoms with Crippen LogP contribution in [0.4, 0.5) is 5.69 Å². The first-order valence-electron chi connectivity index (χ1n) is 11.4. The smallest absolute Gasteiger partial charge is 0.241 e. The summed E-state index contributed by atoms with van der Waals surface area (Å²) >= 11 is 6.17. The van der Waals surface area contributed by atoms with E-state index in [9.17, 15) is 4.79 Å². The first-order chi connectivity index (χ1) is 15.7. The number of likely N-dealkylation sites (tertiary alicyclic amines) is 1. The van der Waals surface area contributed by atoms with E-state index in [1.54, 1.807) is 0 Å². The quantitative estimate of drug-likeness (QED) is 0.511. The van der Waals surface area contributed by atoms with Crippen LogP contribution in [0, 0.1) is 12.8 Å². The minimum Gasteiger partial charge on any atom is -0.338 e. The number of halogens is 1. The molecule has 4 rings (SSSR count). The van der Waals surface area contributed by atoms with Crippen molar-refractivity contribution < 1.29 is 9.32 Å². The van der Waals surface area contributed by atoms with Crippen LogP contribution in [0.5, 0.6) is 0 Å². The molecule has 1 aliphatic heterocycles. The van der Waals surface area contributed by atoms with Gasteiger partial charge in [0.05, 0.1) is 6.54 Å². The van der Waals surface area contributed by atoms with E-state index in [1.807, 2.05) is 37.3 Å². The minimum absolute atomic E-state index is 0.0146. The average Bonchev–Trinajstić information content (AvgIpc) is 3.25. The molecule has 174 valence electrons. The van der Waals surface area contributed by atoms with Crippen LogP contribution in [0.1, 0.15) is 50.6 Å². The first-order valence-corrected chi connectivity index (χ1v) is 11.8. The van der Waals surface area contributed by atoms with Gasteiger partial charge in [0.15, 0.2) is 0 Å². The third-order valence-corrected chi connectivity index (χ3v) is 6.73. The normalized spacial score (nSPS) is 15.5. The van der Waals surface area contributed by atoms with Crippen molar-refractivity contribution in [2.75, 3.05) is 18.4 Å². The van der Waals surface area contributed by atoms with Gasteiger partial charge in [-0.3, -0.25) is 9.69 Å². The van der Waals surface area contributed by atoms with Crippen molar-refractivity contribution in [3.63, 3.8) is 0 Å². The second kappa shape index (κ2) is 9.65. The lowest BCUT2D eigenvalue weighted by molar-refractivity contribution is -0.121. The summed E-state index contributed by atoms with van der Waals surface area (Å²) in [5, 5.41) is 7.86. The predicted octanol–water partition coefficient (Wildman–Crippen LogP) is 5.85. The molecule has 0 saturated carbocycles. The summed E-state index contributed by atoms with van der Waals surface area (Å²) in [5.41, 5.74) is 4.00. The van der Waals surface area contributed by atoms with E-state index in [4.69, 9.17) is 16.1 Å². The van der Waals surface area contributed by atoms with Crippen molar-refractivity contribution in [3.8, 4) is 11.4 Å². The summed E-state index contributed by atoms with van der Waals surface area (Å²) in [6.45, 7) is 10.7. The molecule has 7 heteroatoms. The number of amides is 1. The van der Waals surface area contributed by atoms with E-state index < -0.39 is 0 Å². The van der Waals surface area contributed by atoms with E-state index in [2.05, 4.69) is 53.3 Å². The SMILES string of the molecule is Cc1c(Cl)cccc1NC(=O)C1CCN(Cc2nc(-c3ccc(C(C)(C)C)cc3)no2)CC1. The van der Waals surface area contributed by atoms with E-state index in [0.717, 1.165) is 42.7 Å². The number of carbonyl (C=O) groups excluding carboxylic acids is 1. The lowest BCUT2D eigenvalue weighted by Crippen LogP contribution is -2.37. The van der Waals surface area contributed by atoms with Gasteiger partial charge in [-0.05, 0) is 61.5 Å². The molecule has 3 aromatic rings.